The Morgan fingerprint density at radius 2 is 1.79 bits per heavy atom. The average molecular weight is 349 g/mol. The number of rotatable bonds is 3. The van der Waals surface area contributed by atoms with Crippen LogP contribution in [0.2, 0.25) is 0 Å². The molecule has 0 unspecified atom stereocenters. The third kappa shape index (κ3) is 2.48. The standard InChI is InChI=1S/C15H19N5O3S/c1-10-4-11(2)20(18-10)13-5-12(16-14(17-13)24(3,21)22)19-6-15(7-19)8-23-9-15/h4-5H,6-9H2,1-3H3. The van der Waals surface area contributed by atoms with E-state index in [1.807, 2.05) is 19.9 Å². The Morgan fingerprint density at radius 1 is 1.12 bits per heavy atom. The SMILES string of the molecule is Cc1cc(C)n(-c2cc(N3CC4(COC4)C3)nc(S(C)(=O)=O)n2)n1. The molecule has 0 saturated carbocycles. The predicted molar refractivity (Wildman–Crippen MR) is 87.2 cm³/mol. The Labute approximate surface area is 140 Å². The van der Waals surface area contributed by atoms with Gasteiger partial charge in [0.05, 0.1) is 24.3 Å². The summed E-state index contributed by atoms with van der Waals surface area (Å²) in [7, 11) is -3.51. The van der Waals surface area contributed by atoms with Gasteiger partial charge in [-0.05, 0) is 19.9 Å². The summed E-state index contributed by atoms with van der Waals surface area (Å²) in [4.78, 5) is 10.5. The van der Waals surface area contributed by atoms with Crippen molar-refractivity contribution in [1.29, 1.82) is 0 Å². The molecule has 2 aliphatic heterocycles. The lowest BCUT2D eigenvalue weighted by molar-refractivity contribution is -0.127. The van der Waals surface area contributed by atoms with Crippen LogP contribution in [-0.4, -0.2) is 60.7 Å². The van der Waals surface area contributed by atoms with E-state index in [1.165, 1.54) is 0 Å². The van der Waals surface area contributed by atoms with E-state index in [1.54, 1.807) is 10.7 Å². The largest absolute Gasteiger partial charge is 0.380 e. The number of nitrogens with zero attached hydrogens (tertiary/aromatic N) is 5. The van der Waals surface area contributed by atoms with E-state index in [-0.39, 0.29) is 10.6 Å². The van der Waals surface area contributed by atoms with Gasteiger partial charge in [-0.25, -0.2) is 18.1 Å². The number of aromatic nitrogens is 4. The fourth-order valence-electron chi connectivity index (χ4n) is 3.20. The van der Waals surface area contributed by atoms with Gasteiger partial charge in [0.25, 0.3) is 5.16 Å². The molecule has 2 aromatic rings. The van der Waals surface area contributed by atoms with E-state index in [0.29, 0.717) is 11.6 Å². The highest BCUT2D eigenvalue weighted by atomic mass is 32.2. The summed E-state index contributed by atoms with van der Waals surface area (Å²) in [5, 5.41) is 4.22. The molecule has 9 heteroatoms. The Morgan fingerprint density at radius 3 is 2.29 bits per heavy atom. The van der Waals surface area contributed by atoms with Crippen LogP contribution in [0, 0.1) is 19.3 Å². The molecule has 4 rings (SSSR count). The Bertz CT molecular complexity index is 909. The summed E-state index contributed by atoms with van der Waals surface area (Å²) >= 11 is 0. The van der Waals surface area contributed by atoms with Crippen LogP contribution in [0.1, 0.15) is 11.4 Å². The molecule has 0 bridgehead atoms. The highest BCUT2D eigenvalue weighted by molar-refractivity contribution is 7.90. The molecule has 0 atom stereocenters. The summed E-state index contributed by atoms with van der Waals surface area (Å²) in [6.07, 6.45) is 1.12. The van der Waals surface area contributed by atoms with E-state index < -0.39 is 9.84 Å². The normalized spacial score (nSPS) is 19.2. The van der Waals surface area contributed by atoms with Crippen molar-refractivity contribution >= 4 is 15.7 Å². The van der Waals surface area contributed by atoms with Crippen molar-refractivity contribution in [3.8, 4) is 5.82 Å². The molecular weight excluding hydrogens is 330 g/mol. The van der Waals surface area contributed by atoms with Gasteiger partial charge in [0.2, 0.25) is 9.84 Å². The fourth-order valence-corrected chi connectivity index (χ4v) is 3.72. The third-order valence-electron chi connectivity index (χ3n) is 4.43. The molecule has 0 aromatic carbocycles. The summed E-state index contributed by atoms with van der Waals surface area (Å²) in [6, 6.07) is 3.72. The number of hydrogen-bond acceptors (Lipinski definition) is 7. The predicted octanol–water partition coefficient (Wildman–Crippen LogP) is 0.519. The molecule has 2 fully saturated rings. The van der Waals surface area contributed by atoms with Gasteiger partial charge >= 0.3 is 0 Å². The Hall–Kier alpha value is -2.00. The Balaban J connectivity index is 1.76. The molecule has 0 aliphatic carbocycles. The molecule has 0 N–H and O–H groups in total. The van der Waals surface area contributed by atoms with E-state index in [4.69, 9.17) is 4.74 Å². The monoisotopic (exact) mass is 349 g/mol. The lowest BCUT2D eigenvalue weighted by Crippen LogP contribution is -2.66. The molecule has 128 valence electrons. The lowest BCUT2D eigenvalue weighted by atomic mass is 9.78. The van der Waals surface area contributed by atoms with Crippen molar-refractivity contribution in [1.82, 2.24) is 19.7 Å². The number of anilines is 1. The zero-order valence-corrected chi connectivity index (χ0v) is 14.7. The van der Waals surface area contributed by atoms with E-state index in [2.05, 4.69) is 20.0 Å². The zero-order chi connectivity index (χ0) is 17.1. The first-order valence-electron chi connectivity index (χ1n) is 7.71. The molecule has 8 nitrogen and oxygen atoms in total. The van der Waals surface area contributed by atoms with Gasteiger partial charge in [0.1, 0.15) is 5.82 Å². The minimum Gasteiger partial charge on any atom is -0.380 e. The minimum atomic E-state index is -3.51. The van der Waals surface area contributed by atoms with Gasteiger partial charge in [-0.3, -0.25) is 0 Å². The smallest absolute Gasteiger partial charge is 0.250 e. The molecule has 1 spiro atoms. The minimum absolute atomic E-state index is 0.173. The van der Waals surface area contributed by atoms with Crippen LogP contribution in [0.5, 0.6) is 0 Å². The Kier molecular flexibility index (Phi) is 3.23. The number of aryl methyl sites for hydroxylation is 2. The maximum Gasteiger partial charge on any atom is 0.250 e. The first-order valence-corrected chi connectivity index (χ1v) is 9.60. The van der Waals surface area contributed by atoms with Crippen LogP contribution >= 0.6 is 0 Å². The zero-order valence-electron chi connectivity index (χ0n) is 13.9. The lowest BCUT2D eigenvalue weighted by Gasteiger charge is -2.55. The van der Waals surface area contributed by atoms with Gasteiger partial charge in [-0.2, -0.15) is 10.1 Å². The van der Waals surface area contributed by atoms with Crippen molar-refractivity contribution in [3.63, 3.8) is 0 Å². The second kappa shape index (κ2) is 5.00. The number of ether oxygens (including phenoxy) is 1. The van der Waals surface area contributed by atoms with Crippen molar-refractivity contribution in [2.75, 3.05) is 37.5 Å². The van der Waals surface area contributed by atoms with Crippen LogP contribution in [0.3, 0.4) is 0 Å². The maximum absolute atomic E-state index is 12.0. The van der Waals surface area contributed by atoms with Crippen molar-refractivity contribution < 1.29 is 13.2 Å². The third-order valence-corrected chi connectivity index (χ3v) is 5.28. The topological polar surface area (TPSA) is 90.2 Å². The van der Waals surface area contributed by atoms with Crippen LogP contribution in [0.4, 0.5) is 5.82 Å². The highest BCUT2D eigenvalue weighted by Gasteiger charge is 2.49. The quantitative estimate of drug-likeness (QED) is 0.746. The van der Waals surface area contributed by atoms with E-state index >= 15 is 0 Å². The summed E-state index contributed by atoms with van der Waals surface area (Å²) in [5.74, 6) is 1.09. The van der Waals surface area contributed by atoms with E-state index in [9.17, 15) is 8.42 Å². The van der Waals surface area contributed by atoms with Crippen LogP contribution in [0.25, 0.3) is 5.82 Å². The average Bonchev–Trinajstić information content (AvgIpc) is 2.73. The molecule has 2 aromatic heterocycles. The molecule has 24 heavy (non-hydrogen) atoms. The van der Waals surface area contributed by atoms with Gasteiger partial charge in [0.15, 0.2) is 5.82 Å². The maximum atomic E-state index is 12.0. The van der Waals surface area contributed by atoms with Crippen molar-refractivity contribution in [3.05, 3.63) is 23.5 Å². The number of sulfone groups is 1. The van der Waals surface area contributed by atoms with Gasteiger partial charge in [0, 0.05) is 31.1 Å². The van der Waals surface area contributed by atoms with Crippen LogP contribution in [-0.2, 0) is 14.6 Å². The summed E-state index contributed by atoms with van der Waals surface area (Å²) in [6.45, 7) is 6.97. The van der Waals surface area contributed by atoms with Gasteiger partial charge in [-0.15, -0.1) is 0 Å². The number of hydrogen-bond donors (Lipinski definition) is 0. The first kappa shape index (κ1) is 15.5. The fraction of sp³-hybridized carbons (Fsp3) is 0.533. The first-order chi connectivity index (χ1) is 11.3. The molecular formula is C15H19N5O3S. The second-order valence-corrected chi connectivity index (χ2v) is 8.74. The second-order valence-electron chi connectivity index (χ2n) is 6.83. The van der Waals surface area contributed by atoms with Gasteiger partial charge < -0.3 is 9.64 Å². The van der Waals surface area contributed by atoms with E-state index in [0.717, 1.165) is 43.9 Å². The van der Waals surface area contributed by atoms with Crippen LogP contribution < -0.4 is 4.90 Å². The molecule has 0 amide bonds. The van der Waals surface area contributed by atoms with Crippen molar-refractivity contribution in [2.45, 2.75) is 19.0 Å². The molecule has 4 heterocycles. The summed E-state index contributed by atoms with van der Waals surface area (Å²) < 4.78 is 30.9. The highest BCUT2D eigenvalue weighted by Crippen LogP contribution is 2.39. The molecule has 2 aliphatic rings. The summed E-state index contributed by atoms with van der Waals surface area (Å²) in [5.41, 5.74) is 1.96. The van der Waals surface area contributed by atoms with Gasteiger partial charge in [-0.1, -0.05) is 0 Å². The molecule has 2 saturated heterocycles. The van der Waals surface area contributed by atoms with Crippen LogP contribution in [0.15, 0.2) is 17.3 Å². The molecule has 0 radical (unpaired) electrons. The van der Waals surface area contributed by atoms with Crippen molar-refractivity contribution in [2.24, 2.45) is 5.41 Å².